The van der Waals surface area contributed by atoms with Crippen molar-refractivity contribution in [3.8, 4) is 0 Å². The van der Waals surface area contributed by atoms with E-state index in [2.05, 4.69) is 0 Å². The first-order chi connectivity index (χ1) is 16.8. The summed E-state index contributed by atoms with van der Waals surface area (Å²) in [6, 6.07) is 27.5. The molecule has 6 heteroatoms. The van der Waals surface area contributed by atoms with Crippen molar-refractivity contribution < 1.29 is 28.1 Å². The fourth-order valence-electron chi connectivity index (χ4n) is 4.41. The van der Waals surface area contributed by atoms with Crippen LogP contribution in [0.15, 0.2) is 84.9 Å². The smallest absolute Gasteiger partial charge is 0.228 e. The van der Waals surface area contributed by atoms with Crippen LogP contribution < -0.4 is 0 Å². The Hall–Kier alpha value is -2.61. The van der Waals surface area contributed by atoms with Crippen LogP contribution in [0.3, 0.4) is 0 Å². The van der Waals surface area contributed by atoms with Gasteiger partial charge in [0.2, 0.25) is 6.36 Å². The van der Waals surface area contributed by atoms with Crippen LogP contribution in [0.4, 0.5) is 4.39 Å². The fourth-order valence-corrected chi connectivity index (χ4v) is 4.41. The minimum absolute atomic E-state index is 0.194. The van der Waals surface area contributed by atoms with Crippen LogP contribution in [0.5, 0.6) is 0 Å². The van der Waals surface area contributed by atoms with Crippen molar-refractivity contribution in [2.24, 2.45) is 0 Å². The minimum Gasteiger partial charge on any atom is -0.374 e. The van der Waals surface area contributed by atoms with E-state index in [-0.39, 0.29) is 13.2 Å². The first-order valence-corrected chi connectivity index (χ1v) is 11.6. The summed E-state index contributed by atoms with van der Waals surface area (Å²) < 4.78 is 45.8. The summed E-state index contributed by atoms with van der Waals surface area (Å²) in [5.74, 6) is 0. The Morgan fingerprint density at radius 2 is 1.26 bits per heavy atom. The molecule has 2 heterocycles. The third-order valence-corrected chi connectivity index (χ3v) is 6.24. The molecule has 0 amide bonds. The summed E-state index contributed by atoms with van der Waals surface area (Å²) in [5, 5.41) is 0. The third kappa shape index (κ3) is 5.54. The quantitative estimate of drug-likeness (QED) is 0.516. The Morgan fingerprint density at radius 1 is 0.706 bits per heavy atom. The second-order valence-electron chi connectivity index (χ2n) is 8.61. The third-order valence-electron chi connectivity index (χ3n) is 6.24. The lowest BCUT2D eigenvalue weighted by Gasteiger charge is -2.44. The van der Waals surface area contributed by atoms with Gasteiger partial charge < -0.3 is 23.7 Å². The van der Waals surface area contributed by atoms with Gasteiger partial charge in [0.25, 0.3) is 0 Å². The second kappa shape index (κ2) is 11.2. The summed E-state index contributed by atoms with van der Waals surface area (Å²) in [5.41, 5.74) is 4.02. The van der Waals surface area contributed by atoms with Crippen molar-refractivity contribution in [3.63, 3.8) is 0 Å². The predicted molar refractivity (Wildman–Crippen MR) is 124 cm³/mol. The van der Waals surface area contributed by atoms with E-state index in [0.29, 0.717) is 19.8 Å². The average molecular weight is 465 g/mol. The van der Waals surface area contributed by atoms with Crippen LogP contribution in [-0.4, -0.2) is 37.4 Å². The van der Waals surface area contributed by atoms with E-state index in [4.69, 9.17) is 23.7 Å². The average Bonchev–Trinajstić information content (AvgIpc) is 2.88. The predicted octanol–water partition coefficient (Wildman–Crippen LogP) is 4.97. The van der Waals surface area contributed by atoms with Gasteiger partial charge in [-0.2, -0.15) is 0 Å². The molecule has 0 aliphatic carbocycles. The zero-order chi connectivity index (χ0) is 23.2. The molecule has 178 valence electrons. The molecular weight excluding hydrogens is 435 g/mol. The number of benzene rings is 3. The molecule has 2 aliphatic rings. The SMILES string of the molecule is F[C@@H]1OC2COCc3ccccc3COC([C@H]2OCc2ccccc2)[C@@H]1OCc1ccccc1. The molecule has 0 saturated carbocycles. The molecule has 34 heavy (non-hydrogen) atoms. The maximum Gasteiger partial charge on any atom is 0.228 e. The van der Waals surface area contributed by atoms with Crippen LogP contribution in [0.1, 0.15) is 22.3 Å². The summed E-state index contributed by atoms with van der Waals surface area (Å²) in [6.45, 7) is 1.50. The van der Waals surface area contributed by atoms with Gasteiger partial charge in [-0.1, -0.05) is 84.9 Å². The highest BCUT2D eigenvalue weighted by atomic mass is 19.1. The second-order valence-corrected chi connectivity index (χ2v) is 8.61. The van der Waals surface area contributed by atoms with Gasteiger partial charge >= 0.3 is 0 Å². The Kier molecular flexibility index (Phi) is 7.63. The van der Waals surface area contributed by atoms with Gasteiger partial charge in [0.1, 0.15) is 24.4 Å². The highest BCUT2D eigenvalue weighted by molar-refractivity contribution is 5.26. The van der Waals surface area contributed by atoms with E-state index in [0.717, 1.165) is 22.3 Å². The molecule has 0 aromatic heterocycles. The molecule has 3 aromatic carbocycles. The van der Waals surface area contributed by atoms with Crippen molar-refractivity contribution in [2.75, 3.05) is 6.61 Å². The van der Waals surface area contributed by atoms with Crippen molar-refractivity contribution >= 4 is 0 Å². The summed E-state index contributed by atoms with van der Waals surface area (Å²) >= 11 is 0. The van der Waals surface area contributed by atoms with E-state index in [9.17, 15) is 0 Å². The lowest BCUT2D eigenvalue weighted by molar-refractivity contribution is -0.299. The van der Waals surface area contributed by atoms with Gasteiger partial charge in [-0.15, -0.1) is 0 Å². The Labute approximate surface area is 199 Å². The van der Waals surface area contributed by atoms with Gasteiger partial charge in [0.05, 0.1) is 33.0 Å². The van der Waals surface area contributed by atoms with E-state index >= 15 is 4.39 Å². The van der Waals surface area contributed by atoms with Gasteiger partial charge in [-0.25, -0.2) is 4.39 Å². The monoisotopic (exact) mass is 464 g/mol. The number of alkyl halides is 1. The number of hydrogen-bond donors (Lipinski definition) is 0. The van der Waals surface area contributed by atoms with Crippen LogP contribution in [0.2, 0.25) is 0 Å². The number of fused-ring (bicyclic) bond motifs is 3. The molecule has 2 bridgehead atoms. The molecule has 2 aliphatic heterocycles. The number of halogens is 1. The van der Waals surface area contributed by atoms with Crippen molar-refractivity contribution in [3.05, 3.63) is 107 Å². The van der Waals surface area contributed by atoms with Gasteiger partial charge in [-0.3, -0.25) is 0 Å². The van der Waals surface area contributed by atoms with Gasteiger partial charge in [-0.05, 0) is 22.3 Å². The van der Waals surface area contributed by atoms with E-state index < -0.39 is 30.8 Å². The first-order valence-electron chi connectivity index (χ1n) is 11.6. The largest absolute Gasteiger partial charge is 0.374 e. The zero-order valence-electron chi connectivity index (χ0n) is 18.9. The molecule has 5 atom stereocenters. The molecule has 0 radical (unpaired) electrons. The minimum atomic E-state index is -1.66. The lowest BCUT2D eigenvalue weighted by atomic mass is 9.98. The van der Waals surface area contributed by atoms with E-state index in [1.807, 2.05) is 84.9 Å². The van der Waals surface area contributed by atoms with Crippen LogP contribution in [-0.2, 0) is 50.1 Å². The molecule has 1 fully saturated rings. The molecule has 0 N–H and O–H groups in total. The topological polar surface area (TPSA) is 46.2 Å². The van der Waals surface area contributed by atoms with Crippen LogP contribution in [0, 0.1) is 0 Å². The standard InChI is InChI=1S/C28H29FO5/c29-28-27(32-16-21-11-5-2-6-12-21)26-25(31-15-20-9-3-1-4-10-20)24(34-28)19-30-17-22-13-7-8-14-23(22)18-33-26/h1-14,24-28H,15-19H2/t24?,25-,26?,27-,28+/m0/s1. The zero-order valence-corrected chi connectivity index (χ0v) is 18.9. The van der Waals surface area contributed by atoms with Crippen molar-refractivity contribution in [2.45, 2.75) is 57.2 Å². The van der Waals surface area contributed by atoms with Gasteiger partial charge in [0.15, 0.2) is 0 Å². The maximum atomic E-state index is 15.3. The first kappa shape index (κ1) is 23.1. The Morgan fingerprint density at radius 3 is 1.91 bits per heavy atom. The highest BCUT2D eigenvalue weighted by Crippen LogP contribution is 2.32. The number of ether oxygens (including phenoxy) is 5. The number of hydrogen-bond acceptors (Lipinski definition) is 5. The summed E-state index contributed by atoms with van der Waals surface area (Å²) in [4.78, 5) is 0. The van der Waals surface area contributed by atoms with Gasteiger partial charge in [0, 0.05) is 0 Å². The normalized spacial score (nSPS) is 27.0. The molecule has 2 unspecified atom stereocenters. The van der Waals surface area contributed by atoms with Crippen molar-refractivity contribution in [1.82, 2.24) is 0 Å². The fraction of sp³-hybridized carbons (Fsp3) is 0.357. The maximum absolute atomic E-state index is 15.3. The molecule has 5 nitrogen and oxygen atoms in total. The molecule has 1 saturated heterocycles. The van der Waals surface area contributed by atoms with E-state index in [1.165, 1.54) is 0 Å². The molecule has 0 spiro atoms. The van der Waals surface area contributed by atoms with Crippen LogP contribution >= 0.6 is 0 Å². The Bertz CT molecular complexity index is 1030. The molecular formula is C28H29FO5. The molecule has 5 rings (SSSR count). The van der Waals surface area contributed by atoms with Crippen molar-refractivity contribution in [1.29, 1.82) is 0 Å². The summed E-state index contributed by atoms with van der Waals surface area (Å²) in [6.07, 6.45) is -4.45. The van der Waals surface area contributed by atoms with E-state index in [1.54, 1.807) is 0 Å². The summed E-state index contributed by atoms with van der Waals surface area (Å²) in [7, 11) is 0. The number of rotatable bonds is 6. The Balaban J connectivity index is 1.40. The lowest BCUT2D eigenvalue weighted by Crippen LogP contribution is -2.60. The molecule has 3 aromatic rings. The van der Waals surface area contributed by atoms with Crippen LogP contribution in [0.25, 0.3) is 0 Å². The highest BCUT2D eigenvalue weighted by Gasteiger charge is 2.49.